The molecular formula is C14H15FN2O2S. The van der Waals surface area contributed by atoms with Crippen LogP contribution in [0, 0.1) is 11.7 Å². The Balaban J connectivity index is 2.06. The number of thioether (sulfide) groups is 1. The van der Waals surface area contributed by atoms with E-state index in [1.165, 1.54) is 36.7 Å². The number of hydrogen-bond acceptors (Lipinski definition) is 3. The quantitative estimate of drug-likeness (QED) is 0.859. The number of carboxylic acids is 1. The van der Waals surface area contributed by atoms with Gasteiger partial charge in [-0.1, -0.05) is 11.8 Å². The lowest BCUT2D eigenvalue weighted by Crippen LogP contribution is -2.09. The van der Waals surface area contributed by atoms with Crippen LogP contribution >= 0.6 is 11.8 Å². The number of carbonyl (C=O) groups is 1. The van der Waals surface area contributed by atoms with Crippen LogP contribution in [-0.2, 0) is 4.79 Å². The van der Waals surface area contributed by atoms with Crippen molar-refractivity contribution in [1.29, 1.82) is 0 Å². The summed E-state index contributed by atoms with van der Waals surface area (Å²) in [6.45, 7) is 2.09. The molecule has 3 rings (SSSR count). The number of rotatable bonds is 5. The van der Waals surface area contributed by atoms with Crippen molar-refractivity contribution in [1.82, 2.24) is 9.55 Å². The van der Waals surface area contributed by atoms with E-state index < -0.39 is 5.97 Å². The first-order chi connectivity index (χ1) is 9.56. The lowest BCUT2D eigenvalue weighted by atomic mass is 10.2. The Morgan fingerprint density at radius 3 is 3.00 bits per heavy atom. The molecule has 0 radical (unpaired) electrons. The molecule has 2 aromatic rings. The number of benzene rings is 1. The third-order valence-corrected chi connectivity index (χ3v) is 4.59. The van der Waals surface area contributed by atoms with Gasteiger partial charge >= 0.3 is 5.97 Å². The van der Waals surface area contributed by atoms with Crippen molar-refractivity contribution in [2.45, 2.75) is 31.0 Å². The molecule has 106 valence electrons. The second-order valence-corrected chi connectivity index (χ2v) is 6.10. The van der Waals surface area contributed by atoms with Crippen molar-refractivity contribution >= 4 is 28.8 Å². The zero-order valence-electron chi connectivity index (χ0n) is 11.0. The third kappa shape index (κ3) is 2.52. The van der Waals surface area contributed by atoms with Gasteiger partial charge in [0, 0.05) is 6.04 Å². The molecule has 0 spiro atoms. The Kier molecular flexibility index (Phi) is 3.41. The number of imidazole rings is 1. The van der Waals surface area contributed by atoms with Crippen molar-refractivity contribution < 1.29 is 14.3 Å². The molecule has 0 saturated heterocycles. The van der Waals surface area contributed by atoms with Gasteiger partial charge in [-0.15, -0.1) is 0 Å². The Bertz CT molecular complexity index is 666. The van der Waals surface area contributed by atoms with Gasteiger partial charge < -0.3 is 9.67 Å². The van der Waals surface area contributed by atoms with E-state index >= 15 is 0 Å². The molecule has 20 heavy (non-hydrogen) atoms. The van der Waals surface area contributed by atoms with Gasteiger partial charge in [0.25, 0.3) is 0 Å². The minimum atomic E-state index is -0.876. The van der Waals surface area contributed by atoms with Crippen molar-refractivity contribution in [2.24, 2.45) is 5.92 Å². The lowest BCUT2D eigenvalue weighted by molar-refractivity contribution is -0.133. The van der Waals surface area contributed by atoms with Gasteiger partial charge in [0.15, 0.2) is 5.16 Å². The highest BCUT2D eigenvalue weighted by Gasteiger charge is 2.31. The molecular weight excluding hydrogens is 279 g/mol. The number of fused-ring (bicyclic) bond motifs is 1. The molecule has 1 aromatic heterocycles. The van der Waals surface area contributed by atoms with Gasteiger partial charge in [-0.05, 0) is 43.9 Å². The summed E-state index contributed by atoms with van der Waals surface area (Å²) >= 11 is 1.19. The highest BCUT2D eigenvalue weighted by Crippen LogP contribution is 2.42. The van der Waals surface area contributed by atoms with Gasteiger partial charge in [-0.25, -0.2) is 9.37 Å². The maximum Gasteiger partial charge on any atom is 0.313 e. The monoisotopic (exact) mass is 294 g/mol. The molecule has 4 nitrogen and oxygen atoms in total. The van der Waals surface area contributed by atoms with Crippen LogP contribution in [0.25, 0.3) is 11.0 Å². The summed E-state index contributed by atoms with van der Waals surface area (Å²) in [5.74, 6) is -0.626. The molecule has 1 aliphatic rings. The Morgan fingerprint density at radius 1 is 1.60 bits per heavy atom. The largest absolute Gasteiger partial charge is 0.481 e. The first-order valence-corrected chi connectivity index (χ1v) is 7.57. The van der Waals surface area contributed by atoms with E-state index in [1.54, 1.807) is 6.07 Å². The standard InChI is InChI=1S/C14H15FN2O2S/c1-8(9-2-3-9)17-12-6-10(15)4-5-11(12)16-14(17)20-7-13(18)19/h4-6,8-9H,2-3,7H2,1H3,(H,18,19). The average Bonchev–Trinajstić information content (AvgIpc) is 3.17. The summed E-state index contributed by atoms with van der Waals surface area (Å²) in [7, 11) is 0. The number of carboxylic acid groups (broad SMARTS) is 1. The predicted molar refractivity (Wildman–Crippen MR) is 75.5 cm³/mol. The molecule has 1 aromatic carbocycles. The molecule has 0 bridgehead atoms. The fourth-order valence-corrected chi connectivity index (χ4v) is 3.27. The van der Waals surface area contributed by atoms with Crippen LogP contribution in [0.2, 0.25) is 0 Å². The van der Waals surface area contributed by atoms with Crippen molar-refractivity contribution in [2.75, 3.05) is 5.75 Å². The van der Waals surface area contributed by atoms with E-state index in [0.29, 0.717) is 16.6 Å². The lowest BCUT2D eigenvalue weighted by Gasteiger charge is -2.16. The minimum Gasteiger partial charge on any atom is -0.481 e. The van der Waals surface area contributed by atoms with E-state index in [1.807, 2.05) is 4.57 Å². The zero-order chi connectivity index (χ0) is 14.3. The van der Waals surface area contributed by atoms with E-state index in [4.69, 9.17) is 5.11 Å². The Labute approximate surface area is 120 Å². The highest BCUT2D eigenvalue weighted by molar-refractivity contribution is 7.99. The smallest absolute Gasteiger partial charge is 0.313 e. The topological polar surface area (TPSA) is 55.1 Å². The summed E-state index contributed by atoms with van der Waals surface area (Å²) in [5, 5.41) is 9.49. The summed E-state index contributed by atoms with van der Waals surface area (Å²) in [6, 6.07) is 4.73. The van der Waals surface area contributed by atoms with E-state index in [0.717, 1.165) is 5.52 Å². The first kappa shape index (κ1) is 13.4. The Hall–Kier alpha value is -1.56. The average molecular weight is 294 g/mol. The molecule has 0 aliphatic heterocycles. The van der Waals surface area contributed by atoms with Gasteiger partial charge in [0.2, 0.25) is 0 Å². The van der Waals surface area contributed by atoms with E-state index in [-0.39, 0.29) is 17.6 Å². The highest BCUT2D eigenvalue weighted by atomic mass is 32.2. The third-order valence-electron chi connectivity index (χ3n) is 3.66. The number of nitrogens with zero attached hydrogens (tertiary/aromatic N) is 2. The number of hydrogen-bond donors (Lipinski definition) is 1. The first-order valence-electron chi connectivity index (χ1n) is 6.58. The normalized spacial score (nSPS) is 16.5. The zero-order valence-corrected chi connectivity index (χ0v) is 11.9. The summed E-state index contributed by atoms with van der Waals surface area (Å²) < 4.78 is 15.5. The molecule has 1 fully saturated rings. The van der Waals surface area contributed by atoms with Gasteiger partial charge in [-0.3, -0.25) is 4.79 Å². The molecule has 1 unspecified atom stereocenters. The van der Waals surface area contributed by atoms with Crippen LogP contribution in [0.1, 0.15) is 25.8 Å². The van der Waals surface area contributed by atoms with Crippen LogP contribution < -0.4 is 0 Å². The molecule has 1 aliphatic carbocycles. The summed E-state index contributed by atoms with van der Waals surface area (Å²) in [6.07, 6.45) is 2.33. The SMILES string of the molecule is CC(C1CC1)n1c(SCC(=O)O)nc2ccc(F)cc21. The molecule has 1 N–H and O–H groups in total. The van der Waals surface area contributed by atoms with Crippen molar-refractivity contribution in [3.8, 4) is 0 Å². The van der Waals surface area contributed by atoms with E-state index in [9.17, 15) is 9.18 Å². The Morgan fingerprint density at radius 2 is 2.35 bits per heavy atom. The van der Waals surface area contributed by atoms with Crippen molar-refractivity contribution in [3.05, 3.63) is 24.0 Å². The molecule has 1 saturated carbocycles. The van der Waals surface area contributed by atoms with Crippen LogP contribution in [0.5, 0.6) is 0 Å². The maximum absolute atomic E-state index is 13.5. The van der Waals surface area contributed by atoms with Gasteiger partial charge in [-0.2, -0.15) is 0 Å². The number of halogens is 1. The van der Waals surface area contributed by atoms with Crippen LogP contribution in [0.3, 0.4) is 0 Å². The second kappa shape index (κ2) is 5.09. The van der Waals surface area contributed by atoms with Crippen molar-refractivity contribution in [3.63, 3.8) is 0 Å². The van der Waals surface area contributed by atoms with Crippen LogP contribution in [-0.4, -0.2) is 26.4 Å². The molecule has 1 atom stereocenters. The number of aliphatic carboxylic acids is 1. The molecule has 0 amide bonds. The van der Waals surface area contributed by atoms with Crippen LogP contribution in [0.15, 0.2) is 23.4 Å². The minimum absolute atomic E-state index is 0.0385. The molecule has 6 heteroatoms. The number of aromatic nitrogens is 2. The fraction of sp³-hybridized carbons (Fsp3) is 0.429. The van der Waals surface area contributed by atoms with E-state index in [2.05, 4.69) is 11.9 Å². The maximum atomic E-state index is 13.5. The fourth-order valence-electron chi connectivity index (χ4n) is 2.46. The molecule has 1 heterocycles. The van der Waals surface area contributed by atoms with Crippen LogP contribution in [0.4, 0.5) is 4.39 Å². The predicted octanol–water partition coefficient (Wildman–Crippen LogP) is 3.32. The summed E-state index contributed by atoms with van der Waals surface area (Å²) in [4.78, 5) is 15.2. The van der Waals surface area contributed by atoms with Gasteiger partial charge in [0.1, 0.15) is 5.82 Å². The second-order valence-electron chi connectivity index (χ2n) is 5.16. The summed E-state index contributed by atoms with van der Waals surface area (Å²) in [5.41, 5.74) is 1.46. The van der Waals surface area contributed by atoms with Gasteiger partial charge in [0.05, 0.1) is 16.8 Å².